The molecule has 1 unspecified atom stereocenters. The van der Waals surface area contributed by atoms with Crippen molar-refractivity contribution in [3.8, 4) is 11.3 Å². The Balaban J connectivity index is 1.35. The molecule has 1 aromatic carbocycles. The van der Waals surface area contributed by atoms with Crippen molar-refractivity contribution in [1.29, 1.82) is 0 Å². The number of nitrogens with zero attached hydrogens (tertiary/aromatic N) is 7. The van der Waals surface area contributed by atoms with Crippen molar-refractivity contribution in [2.45, 2.75) is 45.3 Å². The van der Waals surface area contributed by atoms with Crippen LogP contribution in [0.3, 0.4) is 0 Å². The first-order chi connectivity index (χ1) is 16.9. The van der Waals surface area contributed by atoms with E-state index in [4.69, 9.17) is 9.72 Å². The van der Waals surface area contributed by atoms with Crippen LogP contribution in [0, 0.1) is 25.5 Å². The highest BCUT2D eigenvalue weighted by atomic mass is 19.1. The van der Waals surface area contributed by atoms with E-state index in [9.17, 15) is 8.78 Å². The Morgan fingerprint density at radius 1 is 1.06 bits per heavy atom. The average molecular weight is 478 g/mol. The van der Waals surface area contributed by atoms with Crippen molar-refractivity contribution < 1.29 is 13.5 Å². The van der Waals surface area contributed by atoms with Gasteiger partial charge in [0.15, 0.2) is 5.65 Å². The number of anilines is 1. The molecular weight excluding hydrogens is 452 g/mol. The molecule has 0 radical (unpaired) electrons. The van der Waals surface area contributed by atoms with Crippen molar-refractivity contribution in [3.63, 3.8) is 0 Å². The molecular formula is C25H25F2N7O. The fourth-order valence-electron chi connectivity index (χ4n) is 4.42. The van der Waals surface area contributed by atoms with E-state index in [0.29, 0.717) is 54.2 Å². The largest absolute Gasteiger partial charge is 0.374 e. The summed E-state index contributed by atoms with van der Waals surface area (Å²) in [6.45, 7) is 5.37. The number of aromatic nitrogens is 6. The van der Waals surface area contributed by atoms with E-state index in [1.165, 1.54) is 25.0 Å². The Bertz CT molecular complexity index is 1420. The summed E-state index contributed by atoms with van der Waals surface area (Å²) < 4.78 is 36.5. The van der Waals surface area contributed by atoms with Crippen LogP contribution in [0.4, 0.5) is 14.7 Å². The molecule has 1 atom stereocenters. The number of halogens is 2. The van der Waals surface area contributed by atoms with Crippen molar-refractivity contribution in [2.75, 3.05) is 24.6 Å². The molecule has 180 valence electrons. The Hall–Kier alpha value is -3.53. The number of aryl methyl sites for hydroxylation is 2. The minimum Gasteiger partial charge on any atom is -0.374 e. The zero-order valence-corrected chi connectivity index (χ0v) is 19.6. The molecule has 35 heavy (non-hydrogen) atoms. The van der Waals surface area contributed by atoms with Gasteiger partial charge in [0.05, 0.1) is 36.3 Å². The molecule has 6 rings (SSSR count). The molecule has 1 saturated carbocycles. The monoisotopic (exact) mass is 477 g/mol. The number of rotatable bonds is 5. The van der Waals surface area contributed by atoms with Crippen molar-refractivity contribution >= 4 is 17.1 Å². The lowest BCUT2D eigenvalue weighted by molar-refractivity contribution is 0.0405. The molecule has 2 fully saturated rings. The predicted octanol–water partition coefficient (Wildman–Crippen LogP) is 3.96. The van der Waals surface area contributed by atoms with Gasteiger partial charge in [-0.2, -0.15) is 10.1 Å². The summed E-state index contributed by atoms with van der Waals surface area (Å²) in [7, 11) is 0. The van der Waals surface area contributed by atoms with Gasteiger partial charge in [0.1, 0.15) is 22.8 Å². The fourth-order valence-corrected chi connectivity index (χ4v) is 4.42. The maximum atomic E-state index is 14.8. The predicted molar refractivity (Wildman–Crippen MR) is 126 cm³/mol. The lowest BCUT2D eigenvalue weighted by Crippen LogP contribution is -2.44. The van der Waals surface area contributed by atoms with Crippen LogP contribution in [0.15, 0.2) is 30.6 Å². The molecule has 1 aliphatic heterocycles. The van der Waals surface area contributed by atoms with Gasteiger partial charge in [-0.1, -0.05) is 0 Å². The molecule has 10 heteroatoms. The maximum absolute atomic E-state index is 14.8. The first-order valence-electron chi connectivity index (χ1n) is 11.8. The molecule has 4 aromatic rings. The SMILES string of the molecule is Cc1nc2nc(N3CCOC(Cc4cnn(C5CC5)c4)C3)nc(-c3ccc(F)cc3F)c2nc1C. The smallest absolute Gasteiger partial charge is 0.228 e. The highest BCUT2D eigenvalue weighted by Crippen LogP contribution is 2.34. The minimum atomic E-state index is -0.705. The summed E-state index contributed by atoms with van der Waals surface area (Å²) >= 11 is 0. The third kappa shape index (κ3) is 4.34. The Labute approximate surface area is 201 Å². The second kappa shape index (κ2) is 8.60. The summed E-state index contributed by atoms with van der Waals surface area (Å²) in [4.78, 5) is 20.6. The lowest BCUT2D eigenvalue weighted by atomic mass is 10.1. The minimum absolute atomic E-state index is 0.0586. The zero-order chi connectivity index (χ0) is 24.1. The number of hydrogen-bond acceptors (Lipinski definition) is 7. The molecule has 8 nitrogen and oxygen atoms in total. The molecule has 0 bridgehead atoms. The van der Waals surface area contributed by atoms with E-state index < -0.39 is 11.6 Å². The highest BCUT2D eigenvalue weighted by Gasteiger charge is 2.27. The summed E-state index contributed by atoms with van der Waals surface area (Å²) in [6, 6.07) is 3.99. The van der Waals surface area contributed by atoms with Crippen molar-refractivity contribution in [2.24, 2.45) is 0 Å². The molecule has 4 heterocycles. The molecule has 2 aliphatic rings. The summed E-state index contributed by atoms with van der Waals surface area (Å²) in [5.74, 6) is -0.928. The molecule has 3 aromatic heterocycles. The van der Waals surface area contributed by atoms with Crippen LogP contribution in [0.2, 0.25) is 0 Å². The normalized spacial score (nSPS) is 18.4. The van der Waals surface area contributed by atoms with Crippen LogP contribution >= 0.6 is 0 Å². The standard InChI is InChI=1S/C25H25F2N7O/c1-14-15(2)30-24-23(29-14)22(20-6-3-17(26)10-21(20)27)31-25(32-24)33-7-8-35-19(13-33)9-16-11-28-34(12-16)18-4-5-18/h3,6,10-12,18-19H,4-5,7-9,13H2,1-2H3. The van der Waals surface area contributed by atoms with Gasteiger partial charge in [-0.15, -0.1) is 0 Å². The highest BCUT2D eigenvalue weighted by molar-refractivity contribution is 5.88. The second-order valence-corrected chi connectivity index (χ2v) is 9.27. The Kier molecular flexibility index (Phi) is 5.40. The topological polar surface area (TPSA) is 81.9 Å². The maximum Gasteiger partial charge on any atom is 0.228 e. The molecule has 0 amide bonds. The first-order valence-corrected chi connectivity index (χ1v) is 11.8. The van der Waals surface area contributed by atoms with E-state index in [-0.39, 0.29) is 11.7 Å². The van der Waals surface area contributed by atoms with E-state index in [1.54, 1.807) is 0 Å². The van der Waals surface area contributed by atoms with Crippen LogP contribution in [0.5, 0.6) is 0 Å². The van der Waals surface area contributed by atoms with Crippen LogP contribution in [0.1, 0.15) is 35.8 Å². The van der Waals surface area contributed by atoms with Crippen LogP contribution in [-0.2, 0) is 11.2 Å². The van der Waals surface area contributed by atoms with Gasteiger partial charge in [-0.25, -0.2) is 23.7 Å². The lowest BCUT2D eigenvalue weighted by Gasteiger charge is -2.33. The van der Waals surface area contributed by atoms with Gasteiger partial charge in [0.25, 0.3) is 0 Å². The summed E-state index contributed by atoms with van der Waals surface area (Å²) in [5.41, 5.74) is 3.80. The molecule has 1 saturated heterocycles. The average Bonchev–Trinajstić information content (AvgIpc) is 3.59. The second-order valence-electron chi connectivity index (χ2n) is 9.27. The van der Waals surface area contributed by atoms with E-state index in [2.05, 4.69) is 26.2 Å². The van der Waals surface area contributed by atoms with E-state index in [1.807, 2.05) is 29.6 Å². The first kappa shape index (κ1) is 22.0. The van der Waals surface area contributed by atoms with Gasteiger partial charge in [-0.05, 0) is 44.4 Å². The van der Waals surface area contributed by atoms with Gasteiger partial charge in [0.2, 0.25) is 5.95 Å². The third-order valence-electron chi connectivity index (χ3n) is 6.58. The number of hydrogen-bond donors (Lipinski definition) is 0. The van der Waals surface area contributed by atoms with Gasteiger partial charge in [0, 0.05) is 37.3 Å². The third-order valence-corrected chi connectivity index (χ3v) is 6.58. The number of morpholine rings is 1. The molecule has 1 aliphatic carbocycles. The molecule has 0 N–H and O–H groups in total. The number of benzene rings is 1. The fraction of sp³-hybridized carbons (Fsp3) is 0.400. The van der Waals surface area contributed by atoms with E-state index in [0.717, 1.165) is 23.7 Å². The van der Waals surface area contributed by atoms with Crippen LogP contribution < -0.4 is 4.90 Å². The van der Waals surface area contributed by atoms with Crippen LogP contribution in [0.25, 0.3) is 22.4 Å². The van der Waals surface area contributed by atoms with Crippen molar-refractivity contribution in [1.82, 2.24) is 29.7 Å². The van der Waals surface area contributed by atoms with Gasteiger partial charge < -0.3 is 9.64 Å². The van der Waals surface area contributed by atoms with Gasteiger partial charge in [-0.3, -0.25) is 4.68 Å². The van der Waals surface area contributed by atoms with Crippen molar-refractivity contribution in [3.05, 3.63) is 59.2 Å². The van der Waals surface area contributed by atoms with E-state index >= 15 is 0 Å². The quantitative estimate of drug-likeness (QED) is 0.430. The summed E-state index contributed by atoms with van der Waals surface area (Å²) in [6.07, 6.45) is 7.05. The molecule has 0 spiro atoms. The van der Waals surface area contributed by atoms with Gasteiger partial charge >= 0.3 is 0 Å². The number of fused-ring (bicyclic) bond motifs is 1. The zero-order valence-electron chi connectivity index (χ0n) is 19.6. The Morgan fingerprint density at radius 3 is 2.69 bits per heavy atom. The van der Waals surface area contributed by atoms with Crippen LogP contribution in [-0.4, -0.2) is 55.5 Å². The summed E-state index contributed by atoms with van der Waals surface area (Å²) in [5, 5.41) is 4.48. The Morgan fingerprint density at radius 2 is 1.89 bits per heavy atom. The number of ether oxygens (including phenoxy) is 1.